The maximum atomic E-state index is 5.12. The largest absolute Gasteiger partial charge is 0.370 e. The molecule has 0 aliphatic rings. The Kier molecular flexibility index (Phi) is 1.20. The minimum Gasteiger partial charge on any atom is -0.370 e. The Bertz CT molecular complexity index is 393. The third kappa shape index (κ3) is 0.944. The zero-order valence-corrected chi connectivity index (χ0v) is 5.85. The molecule has 2 heterocycles. The fourth-order valence-electron chi connectivity index (χ4n) is 0.745. The van der Waals surface area contributed by atoms with Gasteiger partial charge < -0.3 is 16.5 Å². The van der Waals surface area contributed by atoms with Crippen molar-refractivity contribution in [1.29, 1.82) is 0 Å². The number of H-pyrrole nitrogens is 1. The van der Waals surface area contributed by atoms with E-state index in [9.17, 15) is 0 Å². The van der Waals surface area contributed by atoms with E-state index in [2.05, 4.69) is 29.9 Å². The van der Waals surface area contributed by atoms with Crippen molar-refractivity contribution in [2.75, 3.05) is 0 Å². The molecule has 8 heteroatoms. The second-order valence-corrected chi connectivity index (χ2v) is 2.03. The van der Waals surface area contributed by atoms with Crippen molar-refractivity contribution in [3.8, 4) is 0 Å². The van der Waals surface area contributed by atoms with Gasteiger partial charge in [0.05, 0.1) is 0 Å². The Balaban J connectivity index is 2.51. The summed E-state index contributed by atoms with van der Waals surface area (Å²) in [5.41, 5.74) is 11.0. The number of fused-ring (bicyclic) bond motifs is 1. The molecule has 2 aromatic rings. The molecular formula is C4H5N7O. The lowest BCUT2D eigenvalue weighted by Crippen LogP contribution is -2.22. The number of hydrogen-bond acceptors (Lipinski definition) is 5. The molecule has 0 aliphatic heterocycles. The highest BCUT2D eigenvalue weighted by molar-refractivity contribution is 5.79. The molecule has 0 amide bonds. The van der Waals surface area contributed by atoms with Gasteiger partial charge in [-0.1, -0.05) is 0 Å². The molecule has 0 saturated carbocycles. The van der Waals surface area contributed by atoms with E-state index in [1.807, 2.05) is 0 Å². The van der Waals surface area contributed by atoms with E-state index in [1.54, 1.807) is 0 Å². The maximum Gasteiger partial charge on any atom is 0.244 e. The molecule has 12 heavy (non-hydrogen) atoms. The average Bonchev–Trinajstić information content (AvgIpc) is 2.43. The summed E-state index contributed by atoms with van der Waals surface area (Å²) in [6.45, 7) is 0. The smallest absolute Gasteiger partial charge is 0.244 e. The first-order chi connectivity index (χ1) is 5.75. The van der Waals surface area contributed by atoms with Crippen LogP contribution in [-0.2, 0) is 0 Å². The van der Waals surface area contributed by atoms with Gasteiger partial charge in [0.2, 0.25) is 17.2 Å². The summed E-state index contributed by atoms with van der Waals surface area (Å²) >= 11 is 0. The van der Waals surface area contributed by atoms with Gasteiger partial charge in [-0.2, -0.15) is 9.98 Å². The first-order valence-electron chi connectivity index (χ1n) is 3.03. The molecule has 0 radical (unpaired) electrons. The Morgan fingerprint density at radius 2 is 2.25 bits per heavy atom. The summed E-state index contributed by atoms with van der Waals surface area (Å²) < 4.78 is 4.36. The minimum atomic E-state index is -0.0802. The Hall–Kier alpha value is -2.12. The van der Waals surface area contributed by atoms with Gasteiger partial charge in [0, 0.05) is 0 Å². The molecule has 0 unspecified atom stereocenters. The molecular weight excluding hydrogens is 162 g/mol. The highest BCUT2D eigenvalue weighted by atomic mass is 16.6. The molecule has 0 fully saturated rings. The molecule has 62 valence electrons. The van der Waals surface area contributed by atoms with Gasteiger partial charge >= 0.3 is 0 Å². The summed E-state index contributed by atoms with van der Waals surface area (Å²) in [5, 5.41) is 6.96. The second kappa shape index (κ2) is 2.19. The normalized spacial score (nSPS) is 10.3. The quantitative estimate of drug-likeness (QED) is 0.363. The molecule has 5 N–H and O–H groups in total. The number of imidazole rings is 1. The first-order valence-corrected chi connectivity index (χ1v) is 3.03. The third-order valence-corrected chi connectivity index (χ3v) is 1.15. The summed E-state index contributed by atoms with van der Waals surface area (Å²) in [7, 11) is 0. The molecule has 2 rings (SSSR count). The standard InChI is InChI=1S/C4H5N7O/c5-3(6)9-4-7-1-2(8-4)11-12-10-1/h(H5,5,6,7,8,9,10,11). The van der Waals surface area contributed by atoms with Crippen LogP contribution in [0.3, 0.4) is 0 Å². The Morgan fingerprint density at radius 3 is 2.92 bits per heavy atom. The van der Waals surface area contributed by atoms with Crippen LogP contribution in [0.4, 0.5) is 5.95 Å². The predicted octanol–water partition coefficient (Wildman–Crippen LogP) is -1.15. The summed E-state index contributed by atoms with van der Waals surface area (Å²) in [6.07, 6.45) is 0. The Labute approximate surface area is 65.6 Å². The van der Waals surface area contributed by atoms with Crippen LogP contribution in [0.2, 0.25) is 0 Å². The lowest BCUT2D eigenvalue weighted by Gasteiger charge is -1.85. The van der Waals surface area contributed by atoms with Gasteiger partial charge in [-0.3, -0.25) is 0 Å². The maximum absolute atomic E-state index is 5.12. The van der Waals surface area contributed by atoms with Crippen molar-refractivity contribution in [1.82, 2.24) is 20.3 Å². The topological polar surface area (TPSA) is 132 Å². The average molecular weight is 167 g/mol. The number of guanidine groups is 1. The van der Waals surface area contributed by atoms with Gasteiger partial charge in [-0.15, -0.1) is 0 Å². The highest BCUT2D eigenvalue weighted by Gasteiger charge is 2.05. The van der Waals surface area contributed by atoms with Crippen molar-refractivity contribution < 1.29 is 4.63 Å². The number of hydrogen-bond donors (Lipinski definition) is 3. The van der Waals surface area contributed by atoms with Gasteiger partial charge in [0.15, 0.2) is 5.96 Å². The summed E-state index contributed by atoms with van der Waals surface area (Å²) in [4.78, 5) is 10.2. The lowest BCUT2D eigenvalue weighted by atomic mass is 10.8. The number of nitrogens with zero attached hydrogens (tertiary/aromatic N) is 4. The molecule has 0 saturated heterocycles. The minimum absolute atomic E-state index is 0.0802. The highest BCUT2D eigenvalue weighted by Crippen LogP contribution is 2.10. The SMILES string of the molecule is NC(N)=Nc1nc2nonc2[nH]1. The van der Waals surface area contributed by atoms with E-state index in [-0.39, 0.29) is 11.9 Å². The predicted molar refractivity (Wildman–Crippen MR) is 39.4 cm³/mol. The monoisotopic (exact) mass is 167 g/mol. The van der Waals surface area contributed by atoms with Crippen LogP contribution < -0.4 is 11.5 Å². The number of rotatable bonds is 1. The van der Waals surface area contributed by atoms with E-state index in [0.29, 0.717) is 11.3 Å². The number of nitrogens with one attached hydrogen (secondary N) is 1. The molecule has 0 bridgehead atoms. The lowest BCUT2D eigenvalue weighted by molar-refractivity contribution is 0.313. The summed E-state index contributed by atoms with van der Waals surface area (Å²) in [5.74, 6) is 0.180. The number of aromatic nitrogens is 4. The van der Waals surface area contributed by atoms with E-state index in [0.717, 1.165) is 0 Å². The fourth-order valence-corrected chi connectivity index (χ4v) is 0.745. The van der Waals surface area contributed by atoms with E-state index >= 15 is 0 Å². The zero-order valence-electron chi connectivity index (χ0n) is 5.85. The van der Waals surface area contributed by atoms with Crippen molar-refractivity contribution in [3.63, 3.8) is 0 Å². The van der Waals surface area contributed by atoms with Gasteiger partial charge in [0.25, 0.3) is 0 Å². The van der Waals surface area contributed by atoms with Crippen molar-refractivity contribution in [2.24, 2.45) is 16.5 Å². The number of aromatic amines is 1. The second-order valence-electron chi connectivity index (χ2n) is 2.03. The summed E-state index contributed by atoms with van der Waals surface area (Å²) in [6, 6.07) is 0. The molecule has 0 spiro atoms. The number of aliphatic imine (C=N–C) groups is 1. The first kappa shape index (κ1) is 6.58. The molecule has 2 aromatic heterocycles. The fraction of sp³-hybridized carbons (Fsp3) is 0. The Morgan fingerprint density at radius 1 is 1.42 bits per heavy atom. The van der Waals surface area contributed by atoms with E-state index in [4.69, 9.17) is 11.5 Å². The molecule has 0 aliphatic carbocycles. The third-order valence-electron chi connectivity index (χ3n) is 1.15. The molecule has 8 nitrogen and oxygen atoms in total. The van der Waals surface area contributed by atoms with Crippen LogP contribution in [0.25, 0.3) is 11.3 Å². The van der Waals surface area contributed by atoms with Crippen molar-refractivity contribution in [2.45, 2.75) is 0 Å². The van der Waals surface area contributed by atoms with Crippen LogP contribution >= 0.6 is 0 Å². The van der Waals surface area contributed by atoms with Gasteiger partial charge in [-0.25, -0.2) is 4.63 Å². The van der Waals surface area contributed by atoms with Crippen molar-refractivity contribution >= 4 is 23.2 Å². The van der Waals surface area contributed by atoms with E-state index in [1.165, 1.54) is 0 Å². The molecule has 0 aromatic carbocycles. The zero-order chi connectivity index (χ0) is 8.55. The van der Waals surface area contributed by atoms with Crippen molar-refractivity contribution in [3.05, 3.63) is 0 Å². The number of nitrogens with two attached hydrogens (primary N) is 2. The van der Waals surface area contributed by atoms with Crippen LogP contribution in [0.1, 0.15) is 0 Å². The molecule has 0 atom stereocenters. The van der Waals surface area contributed by atoms with Gasteiger partial charge in [-0.05, 0) is 10.3 Å². The van der Waals surface area contributed by atoms with Crippen LogP contribution in [0.15, 0.2) is 9.62 Å². The van der Waals surface area contributed by atoms with Crippen LogP contribution in [0, 0.1) is 0 Å². The van der Waals surface area contributed by atoms with Gasteiger partial charge in [0.1, 0.15) is 0 Å². The van der Waals surface area contributed by atoms with Crippen LogP contribution in [-0.4, -0.2) is 26.2 Å². The van der Waals surface area contributed by atoms with E-state index < -0.39 is 0 Å². The van der Waals surface area contributed by atoms with Crippen LogP contribution in [0.5, 0.6) is 0 Å².